The van der Waals surface area contributed by atoms with Gasteiger partial charge in [0.1, 0.15) is 5.82 Å². The number of benzene rings is 2. The Morgan fingerprint density at radius 3 is 2.89 bits per heavy atom. The lowest BCUT2D eigenvalue weighted by atomic mass is 9.96. The molecule has 0 bridgehead atoms. The summed E-state index contributed by atoms with van der Waals surface area (Å²) >= 11 is 0. The molecule has 1 aliphatic heterocycles. The Hall–Kier alpha value is -2.80. The number of carbonyl (C=O) groups excluding carboxylic acids is 1. The van der Waals surface area contributed by atoms with Gasteiger partial charge >= 0.3 is 0 Å². The Morgan fingerprint density at radius 2 is 2.15 bits per heavy atom. The molecule has 0 aliphatic carbocycles. The van der Waals surface area contributed by atoms with Crippen molar-refractivity contribution in [2.75, 3.05) is 18.4 Å². The van der Waals surface area contributed by atoms with Crippen LogP contribution in [0.2, 0.25) is 0 Å². The van der Waals surface area contributed by atoms with Gasteiger partial charge < -0.3 is 5.32 Å². The van der Waals surface area contributed by atoms with Gasteiger partial charge in [-0.2, -0.15) is 0 Å². The minimum atomic E-state index is -0.452. The van der Waals surface area contributed by atoms with Gasteiger partial charge in [0.15, 0.2) is 0 Å². The van der Waals surface area contributed by atoms with Crippen molar-refractivity contribution >= 4 is 17.3 Å². The van der Waals surface area contributed by atoms with Crippen molar-refractivity contribution in [3.63, 3.8) is 0 Å². The fourth-order valence-corrected chi connectivity index (χ4v) is 3.43. The lowest BCUT2D eigenvalue weighted by Gasteiger charge is -2.32. The summed E-state index contributed by atoms with van der Waals surface area (Å²) in [5, 5.41) is 13.9. The Kier molecular flexibility index (Phi) is 5.81. The summed E-state index contributed by atoms with van der Waals surface area (Å²) in [6.07, 6.45) is 1.64. The number of piperidine rings is 1. The SMILES string of the molecule is Cc1ccc(NC(=O)C2CCCN(Cc3cccc(F)c3)C2)cc1[N+](=O)[O-]. The second-order valence-corrected chi connectivity index (χ2v) is 6.95. The zero-order valence-corrected chi connectivity index (χ0v) is 15.2. The summed E-state index contributed by atoms with van der Waals surface area (Å²) < 4.78 is 13.4. The molecule has 1 saturated heterocycles. The number of likely N-dealkylation sites (tertiary alicyclic amines) is 1. The molecule has 0 aromatic heterocycles. The smallest absolute Gasteiger partial charge is 0.274 e. The van der Waals surface area contributed by atoms with Crippen molar-refractivity contribution in [2.45, 2.75) is 26.3 Å². The van der Waals surface area contributed by atoms with E-state index in [2.05, 4.69) is 10.2 Å². The molecule has 142 valence electrons. The predicted octanol–water partition coefficient (Wildman–Crippen LogP) is 3.89. The second kappa shape index (κ2) is 8.26. The number of carbonyl (C=O) groups is 1. The molecule has 2 aromatic rings. The van der Waals surface area contributed by atoms with Gasteiger partial charge in [-0.05, 0) is 50.1 Å². The highest BCUT2D eigenvalue weighted by Crippen LogP contribution is 2.24. The fourth-order valence-electron chi connectivity index (χ4n) is 3.43. The number of anilines is 1. The Bertz CT molecular complexity index is 856. The number of rotatable bonds is 5. The Balaban J connectivity index is 1.63. The van der Waals surface area contributed by atoms with E-state index in [4.69, 9.17) is 0 Å². The summed E-state index contributed by atoms with van der Waals surface area (Å²) in [7, 11) is 0. The quantitative estimate of drug-likeness (QED) is 0.639. The zero-order valence-electron chi connectivity index (χ0n) is 15.2. The number of hydrogen-bond donors (Lipinski definition) is 1. The molecule has 27 heavy (non-hydrogen) atoms. The molecular weight excluding hydrogens is 349 g/mol. The monoisotopic (exact) mass is 371 g/mol. The largest absolute Gasteiger partial charge is 0.326 e. The van der Waals surface area contributed by atoms with E-state index in [0.717, 1.165) is 24.9 Å². The summed E-state index contributed by atoms with van der Waals surface area (Å²) in [5.74, 6) is -0.607. The molecule has 3 rings (SSSR count). The molecule has 6 nitrogen and oxygen atoms in total. The lowest BCUT2D eigenvalue weighted by Crippen LogP contribution is -2.40. The van der Waals surface area contributed by atoms with Crippen molar-refractivity contribution in [1.29, 1.82) is 0 Å². The van der Waals surface area contributed by atoms with E-state index in [1.165, 1.54) is 18.2 Å². The normalized spacial score (nSPS) is 17.5. The average Bonchev–Trinajstić information content (AvgIpc) is 2.63. The zero-order chi connectivity index (χ0) is 19.4. The highest BCUT2D eigenvalue weighted by molar-refractivity contribution is 5.93. The molecule has 1 fully saturated rings. The first-order chi connectivity index (χ1) is 12.9. The van der Waals surface area contributed by atoms with Gasteiger partial charge in [-0.1, -0.05) is 18.2 Å². The number of halogens is 1. The predicted molar refractivity (Wildman–Crippen MR) is 101 cm³/mol. The molecule has 0 spiro atoms. The third kappa shape index (κ3) is 4.89. The van der Waals surface area contributed by atoms with Crippen LogP contribution in [0.25, 0.3) is 0 Å². The van der Waals surface area contributed by atoms with E-state index in [-0.39, 0.29) is 23.3 Å². The van der Waals surface area contributed by atoms with Crippen molar-refractivity contribution in [2.24, 2.45) is 5.92 Å². The van der Waals surface area contributed by atoms with Crippen LogP contribution in [0.3, 0.4) is 0 Å². The van der Waals surface area contributed by atoms with Gasteiger partial charge in [0.05, 0.1) is 10.8 Å². The van der Waals surface area contributed by atoms with Crippen LogP contribution in [0.4, 0.5) is 15.8 Å². The van der Waals surface area contributed by atoms with E-state index in [9.17, 15) is 19.3 Å². The maximum Gasteiger partial charge on any atom is 0.274 e. The first kappa shape index (κ1) is 19.0. The van der Waals surface area contributed by atoms with Gasteiger partial charge in [0.2, 0.25) is 5.91 Å². The first-order valence-electron chi connectivity index (χ1n) is 8.95. The number of nitro groups is 1. The van der Waals surface area contributed by atoms with Crippen LogP contribution in [-0.4, -0.2) is 28.8 Å². The molecule has 0 saturated carbocycles. The number of hydrogen-bond acceptors (Lipinski definition) is 4. The van der Waals surface area contributed by atoms with Crippen LogP contribution < -0.4 is 5.32 Å². The minimum Gasteiger partial charge on any atom is -0.326 e. The third-order valence-corrected chi connectivity index (χ3v) is 4.84. The highest BCUT2D eigenvalue weighted by atomic mass is 19.1. The van der Waals surface area contributed by atoms with Gasteiger partial charge in [0, 0.05) is 30.4 Å². The highest BCUT2D eigenvalue weighted by Gasteiger charge is 2.26. The molecule has 1 heterocycles. The summed E-state index contributed by atoms with van der Waals surface area (Å²) in [6.45, 7) is 3.69. The average molecular weight is 371 g/mol. The molecule has 1 unspecified atom stereocenters. The maximum absolute atomic E-state index is 13.4. The lowest BCUT2D eigenvalue weighted by molar-refractivity contribution is -0.385. The maximum atomic E-state index is 13.4. The summed E-state index contributed by atoms with van der Waals surface area (Å²) in [6, 6.07) is 11.2. The van der Waals surface area contributed by atoms with Crippen LogP contribution in [0, 0.1) is 28.8 Å². The molecule has 1 atom stereocenters. The third-order valence-electron chi connectivity index (χ3n) is 4.84. The van der Waals surface area contributed by atoms with Crippen LogP contribution in [-0.2, 0) is 11.3 Å². The molecular formula is C20H22FN3O3. The van der Waals surface area contributed by atoms with Gasteiger partial charge in [0.25, 0.3) is 5.69 Å². The van der Waals surface area contributed by atoms with Crippen LogP contribution in [0.1, 0.15) is 24.0 Å². The molecule has 7 heteroatoms. The van der Waals surface area contributed by atoms with Gasteiger partial charge in [-0.25, -0.2) is 4.39 Å². The van der Waals surface area contributed by atoms with E-state index in [0.29, 0.717) is 24.3 Å². The number of amides is 1. The van der Waals surface area contributed by atoms with Crippen molar-refractivity contribution < 1.29 is 14.1 Å². The second-order valence-electron chi connectivity index (χ2n) is 6.95. The van der Waals surface area contributed by atoms with Gasteiger partial charge in [-0.15, -0.1) is 0 Å². The molecule has 1 amide bonds. The molecule has 1 aliphatic rings. The van der Waals surface area contributed by atoms with E-state index in [1.54, 1.807) is 25.1 Å². The van der Waals surface area contributed by atoms with Crippen molar-refractivity contribution in [3.05, 3.63) is 69.5 Å². The van der Waals surface area contributed by atoms with E-state index < -0.39 is 4.92 Å². The Morgan fingerprint density at radius 1 is 1.33 bits per heavy atom. The molecule has 0 radical (unpaired) electrons. The number of nitrogens with one attached hydrogen (secondary N) is 1. The molecule has 1 N–H and O–H groups in total. The first-order valence-corrected chi connectivity index (χ1v) is 8.95. The van der Waals surface area contributed by atoms with Crippen LogP contribution in [0.15, 0.2) is 42.5 Å². The number of nitrogens with zero attached hydrogens (tertiary/aromatic N) is 2. The van der Waals surface area contributed by atoms with Gasteiger partial charge in [-0.3, -0.25) is 19.8 Å². The standard InChI is InChI=1S/C20H22FN3O3/c1-14-7-8-18(11-19(14)24(26)27)22-20(25)16-5-3-9-23(13-16)12-15-4-2-6-17(21)10-15/h2,4,6-8,10-11,16H,3,5,9,12-13H2,1H3,(H,22,25). The van der Waals surface area contributed by atoms with Crippen molar-refractivity contribution in [3.8, 4) is 0 Å². The number of nitro benzene ring substituents is 1. The summed E-state index contributed by atoms with van der Waals surface area (Å²) in [5.41, 5.74) is 1.85. The minimum absolute atomic E-state index is 0.0100. The topological polar surface area (TPSA) is 75.5 Å². The van der Waals surface area contributed by atoms with E-state index in [1.807, 2.05) is 6.07 Å². The Labute approximate surface area is 157 Å². The summed E-state index contributed by atoms with van der Waals surface area (Å²) in [4.78, 5) is 25.4. The van der Waals surface area contributed by atoms with Crippen LogP contribution in [0.5, 0.6) is 0 Å². The van der Waals surface area contributed by atoms with Crippen molar-refractivity contribution in [1.82, 2.24) is 4.90 Å². The number of aryl methyl sites for hydroxylation is 1. The van der Waals surface area contributed by atoms with Crippen LogP contribution >= 0.6 is 0 Å². The molecule has 2 aromatic carbocycles. The fraction of sp³-hybridized carbons (Fsp3) is 0.350. The van der Waals surface area contributed by atoms with E-state index >= 15 is 0 Å².